The van der Waals surface area contributed by atoms with Gasteiger partial charge in [-0.15, -0.1) is 0 Å². The maximum atomic E-state index is 5.45. The minimum absolute atomic E-state index is 1.05. The molecule has 1 aromatic heterocycles. The third-order valence-electron chi connectivity index (χ3n) is 4.51. The van der Waals surface area contributed by atoms with Crippen LogP contribution in [0.2, 0.25) is 0 Å². The van der Waals surface area contributed by atoms with E-state index in [-0.39, 0.29) is 0 Å². The summed E-state index contributed by atoms with van der Waals surface area (Å²) < 4.78 is 5.45. The van der Waals surface area contributed by atoms with E-state index in [2.05, 4.69) is 36.4 Å². The van der Waals surface area contributed by atoms with Crippen molar-refractivity contribution >= 4 is 0 Å². The van der Waals surface area contributed by atoms with Gasteiger partial charge in [-0.1, -0.05) is 30.3 Å². The number of hydrogen-bond donors (Lipinski definition) is 2. The summed E-state index contributed by atoms with van der Waals surface area (Å²) in [5, 5.41) is 0. The molecular formula is C18H26N2O+2. The average molecular weight is 286 g/mol. The first kappa shape index (κ1) is 14.4. The van der Waals surface area contributed by atoms with E-state index in [4.69, 9.17) is 4.42 Å². The molecule has 0 bridgehead atoms. The fourth-order valence-electron chi connectivity index (χ4n) is 3.23. The van der Waals surface area contributed by atoms with Crippen LogP contribution in [0.3, 0.4) is 0 Å². The van der Waals surface area contributed by atoms with E-state index >= 15 is 0 Å². The normalized spacial score (nSPS) is 22.3. The minimum atomic E-state index is 1.05. The summed E-state index contributed by atoms with van der Waals surface area (Å²) in [6.45, 7) is 7.48. The number of hydrogen-bond acceptors (Lipinski definition) is 1. The van der Waals surface area contributed by atoms with Gasteiger partial charge in [-0.3, -0.25) is 0 Å². The Morgan fingerprint density at radius 2 is 1.62 bits per heavy atom. The second-order valence-electron chi connectivity index (χ2n) is 6.10. The first-order valence-electron chi connectivity index (χ1n) is 8.13. The third-order valence-corrected chi connectivity index (χ3v) is 4.51. The quantitative estimate of drug-likeness (QED) is 0.778. The fraction of sp³-hybridized carbons (Fsp3) is 0.444. The fourth-order valence-corrected chi connectivity index (χ4v) is 3.23. The molecule has 0 radical (unpaired) electrons. The van der Waals surface area contributed by atoms with Gasteiger partial charge in [0.25, 0.3) is 0 Å². The molecule has 0 amide bonds. The summed E-state index contributed by atoms with van der Waals surface area (Å²) in [6.07, 6.45) is 4.29. The Morgan fingerprint density at radius 3 is 2.33 bits per heavy atom. The van der Waals surface area contributed by atoms with E-state index in [1.165, 1.54) is 51.1 Å². The Hall–Kier alpha value is -1.58. The standard InChI is InChI=1S/C18H24N2O/c1-2-6-17(7-3-1)8-4-10-19-11-13-20(14-12-19)16-18-9-5-15-21-18/h1-3,5-7,9,15H,4,8,10-14,16H2/p+2. The number of aryl methyl sites for hydroxylation is 1. The summed E-state index contributed by atoms with van der Waals surface area (Å²) in [5.41, 5.74) is 1.47. The largest absolute Gasteiger partial charge is 0.463 e. The Balaban J connectivity index is 1.34. The molecule has 0 atom stereocenters. The molecule has 3 nitrogen and oxygen atoms in total. The van der Waals surface area contributed by atoms with Crippen LogP contribution in [0.4, 0.5) is 0 Å². The van der Waals surface area contributed by atoms with Crippen LogP contribution in [-0.2, 0) is 13.0 Å². The van der Waals surface area contributed by atoms with Crippen LogP contribution in [0.5, 0.6) is 0 Å². The van der Waals surface area contributed by atoms with Gasteiger partial charge in [0.15, 0.2) is 5.76 Å². The molecule has 0 saturated carbocycles. The van der Waals surface area contributed by atoms with Crippen LogP contribution in [0.1, 0.15) is 17.7 Å². The molecule has 2 heterocycles. The lowest BCUT2D eigenvalue weighted by molar-refractivity contribution is -1.02. The van der Waals surface area contributed by atoms with Crippen molar-refractivity contribution < 1.29 is 14.2 Å². The zero-order chi connectivity index (χ0) is 14.3. The zero-order valence-electron chi connectivity index (χ0n) is 12.7. The van der Waals surface area contributed by atoms with Crippen molar-refractivity contribution in [1.29, 1.82) is 0 Å². The van der Waals surface area contributed by atoms with Crippen molar-refractivity contribution in [2.24, 2.45) is 0 Å². The van der Waals surface area contributed by atoms with E-state index in [1.54, 1.807) is 16.1 Å². The topological polar surface area (TPSA) is 22.0 Å². The average Bonchev–Trinajstić information content (AvgIpc) is 3.03. The van der Waals surface area contributed by atoms with Crippen molar-refractivity contribution in [2.45, 2.75) is 19.4 Å². The van der Waals surface area contributed by atoms with Gasteiger partial charge in [0.1, 0.15) is 32.7 Å². The van der Waals surface area contributed by atoms with Gasteiger partial charge in [0, 0.05) is 6.42 Å². The number of rotatable bonds is 6. The van der Waals surface area contributed by atoms with Gasteiger partial charge >= 0.3 is 0 Å². The van der Waals surface area contributed by atoms with Crippen LogP contribution in [0.25, 0.3) is 0 Å². The highest BCUT2D eigenvalue weighted by molar-refractivity contribution is 5.14. The summed E-state index contributed by atoms with van der Waals surface area (Å²) in [6, 6.07) is 14.9. The molecule has 1 aromatic carbocycles. The van der Waals surface area contributed by atoms with E-state index in [9.17, 15) is 0 Å². The number of piperazine rings is 1. The molecule has 0 unspecified atom stereocenters. The van der Waals surface area contributed by atoms with Crippen LogP contribution in [-0.4, -0.2) is 32.7 Å². The number of benzene rings is 1. The first-order chi connectivity index (χ1) is 10.4. The Morgan fingerprint density at radius 1 is 0.857 bits per heavy atom. The predicted octanol–water partition coefficient (Wildman–Crippen LogP) is 0.196. The highest BCUT2D eigenvalue weighted by atomic mass is 16.3. The molecule has 1 fully saturated rings. The Bertz CT molecular complexity index is 501. The summed E-state index contributed by atoms with van der Waals surface area (Å²) >= 11 is 0. The van der Waals surface area contributed by atoms with Crippen LogP contribution >= 0.6 is 0 Å². The van der Waals surface area contributed by atoms with Crippen molar-refractivity contribution in [1.82, 2.24) is 0 Å². The smallest absolute Gasteiger partial charge is 0.157 e. The molecule has 3 heteroatoms. The molecule has 3 rings (SSSR count). The van der Waals surface area contributed by atoms with Gasteiger partial charge in [-0.25, -0.2) is 0 Å². The SMILES string of the molecule is c1ccc(CCC[NH+]2CC[NH+](Cc3ccco3)CC2)cc1. The van der Waals surface area contributed by atoms with Gasteiger partial charge in [0.2, 0.25) is 0 Å². The molecule has 1 aliphatic rings. The molecule has 0 aliphatic carbocycles. The molecule has 0 spiro atoms. The molecular weight excluding hydrogens is 260 g/mol. The number of quaternary nitrogens is 2. The second kappa shape index (κ2) is 7.43. The summed E-state index contributed by atoms with van der Waals surface area (Å²) in [7, 11) is 0. The van der Waals surface area contributed by atoms with Gasteiger partial charge in [0.05, 0.1) is 12.8 Å². The second-order valence-corrected chi connectivity index (χ2v) is 6.10. The maximum Gasteiger partial charge on any atom is 0.157 e. The molecule has 2 aromatic rings. The van der Waals surface area contributed by atoms with Crippen LogP contribution in [0, 0.1) is 0 Å². The van der Waals surface area contributed by atoms with Gasteiger partial charge in [-0.2, -0.15) is 0 Å². The maximum absolute atomic E-state index is 5.45. The summed E-state index contributed by atoms with van der Waals surface area (Å²) in [4.78, 5) is 3.44. The molecule has 1 saturated heterocycles. The highest BCUT2D eigenvalue weighted by Crippen LogP contribution is 2.00. The zero-order valence-corrected chi connectivity index (χ0v) is 12.7. The lowest BCUT2D eigenvalue weighted by Crippen LogP contribution is -3.27. The monoisotopic (exact) mass is 286 g/mol. The highest BCUT2D eigenvalue weighted by Gasteiger charge is 2.23. The summed E-state index contributed by atoms with van der Waals surface area (Å²) in [5.74, 6) is 1.12. The molecule has 21 heavy (non-hydrogen) atoms. The van der Waals surface area contributed by atoms with Crippen molar-refractivity contribution in [3.05, 3.63) is 60.1 Å². The van der Waals surface area contributed by atoms with Crippen LogP contribution < -0.4 is 9.80 Å². The first-order valence-corrected chi connectivity index (χ1v) is 8.13. The predicted molar refractivity (Wildman–Crippen MR) is 83.4 cm³/mol. The Labute approximate surface area is 127 Å². The number of furan rings is 1. The van der Waals surface area contributed by atoms with E-state index in [0.29, 0.717) is 0 Å². The minimum Gasteiger partial charge on any atom is -0.463 e. The lowest BCUT2D eigenvalue weighted by atomic mass is 10.1. The van der Waals surface area contributed by atoms with E-state index in [1.807, 2.05) is 6.07 Å². The number of nitrogens with one attached hydrogen (secondary N) is 2. The van der Waals surface area contributed by atoms with E-state index in [0.717, 1.165) is 12.3 Å². The molecule has 112 valence electrons. The Kier molecular flexibility index (Phi) is 5.08. The third kappa shape index (κ3) is 4.45. The van der Waals surface area contributed by atoms with E-state index < -0.39 is 0 Å². The van der Waals surface area contributed by atoms with Crippen molar-refractivity contribution in [3.63, 3.8) is 0 Å². The molecule has 1 aliphatic heterocycles. The van der Waals surface area contributed by atoms with Crippen LogP contribution in [0.15, 0.2) is 53.1 Å². The van der Waals surface area contributed by atoms with Crippen molar-refractivity contribution in [2.75, 3.05) is 32.7 Å². The van der Waals surface area contributed by atoms with Crippen molar-refractivity contribution in [3.8, 4) is 0 Å². The lowest BCUT2D eigenvalue weighted by Gasteiger charge is -2.29. The van der Waals surface area contributed by atoms with Gasteiger partial charge < -0.3 is 14.2 Å². The molecule has 2 N–H and O–H groups in total. The van der Waals surface area contributed by atoms with Gasteiger partial charge in [-0.05, 0) is 24.1 Å².